The third kappa shape index (κ3) is 5.72. The largest absolute Gasteiger partial charge is 0.507 e. The van der Waals surface area contributed by atoms with Gasteiger partial charge in [-0.1, -0.05) is 0 Å². The highest BCUT2D eigenvalue weighted by atomic mass is 79.9. The van der Waals surface area contributed by atoms with E-state index in [1.807, 2.05) is 12.1 Å². The zero-order valence-electron chi connectivity index (χ0n) is 13.0. The second-order valence-corrected chi connectivity index (χ2v) is 7.38. The highest BCUT2D eigenvalue weighted by molar-refractivity contribution is 9.13. The van der Waals surface area contributed by atoms with Crippen LogP contribution >= 0.6 is 47.8 Å². The van der Waals surface area contributed by atoms with Gasteiger partial charge in [-0.25, -0.2) is 5.43 Å². The molecule has 0 unspecified atom stereocenters. The summed E-state index contributed by atoms with van der Waals surface area (Å²) in [7, 11) is 1.53. The highest BCUT2D eigenvalue weighted by Gasteiger charge is 2.07. The van der Waals surface area contributed by atoms with Crippen molar-refractivity contribution in [2.24, 2.45) is 5.10 Å². The molecule has 132 valence electrons. The van der Waals surface area contributed by atoms with Gasteiger partial charge >= 0.3 is 0 Å². The fourth-order valence-corrected chi connectivity index (χ4v) is 3.29. The number of phenols is 1. The Balaban J connectivity index is 1.92. The summed E-state index contributed by atoms with van der Waals surface area (Å²) in [5.74, 6) is 0.294. The Kier molecular flexibility index (Phi) is 7.27. The summed E-state index contributed by atoms with van der Waals surface area (Å²) in [6, 6.07) is 8.45. The van der Waals surface area contributed by atoms with Gasteiger partial charge in [0.05, 0.1) is 25.6 Å². The first-order valence-corrected chi connectivity index (χ1v) is 9.36. The van der Waals surface area contributed by atoms with Gasteiger partial charge in [-0.2, -0.15) is 5.10 Å². The summed E-state index contributed by atoms with van der Waals surface area (Å²) >= 11 is 10.2. The molecule has 0 saturated heterocycles. The van der Waals surface area contributed by atoms with E-state index in [4.69, 9.17) is 4.74 Å². The number of benzene rings is 2. The Hall–Kier alpha value is -1.58. The van der Waals surface area contributed by atoms with Crippen molar-refractivity contribution in [3.8, 4) is 11.5 Å². The number of phenolic OH excluding ortho intramolecular Hbond substituents is 1. The van der Waals surface area contributed by atoms with Crippen molar-refractivity contribution >= 4 is 65.6 Å². The molecule has 0 spiro atoms. The summed E-state index contributed by atoms with van der Waals surface area (Å²) < 4.78 is 7.66. The maximum absolute atomic E-state index is 11.9. The molecule has 2 aromatic rings. The zero-order chi connectivity index (χ0) is 18.4. The molecule has 0 atom stereocenters. The van der Waals surface area contributed by atoms with Crippen LogP contribution in [0.1, 0.15) is 5.56 Å². The number of hydrogen-bond donors (Lipinski definition) is 3. The minimum atomic E-state index is -0.329. The van der Waals surface area contributed by atoms with Crippen LogP contribution in [0.3, 0.4) is 0 Å². The van der Waals surface area contributed by atoms with Gasteiger partial charge < -0.3 is 15.2 Å². The van der Waals surface area contributed by atoms with Crippen molar-refractivity contribution in [2.75, 3.05) is 19.0 Å². The van der Waals surface area contributed by atoms with Gasteiger partial charge in [-0.3, -0.25) is 4.79 Å². The van der Waals surface area contributed by atoms with Crippen LogP contribution in [-0.4, -0.2) is 30.9 Å². The van der Waals surface area contributed by atoms with Crippen LogP contribution in [-0.2, 0) is 4.79 Å². The lowest BCUT2D eigenvalue weighted by Gasteiger charge is -2.09. The van der Waals surface area contributed by atoms with Gasteiger partial charge in [0.25, 0.3) is 5.91 Å². The number of hydrogen-bond acceptors (Lipinski definition) is 5. The molecule has 2 aromatic carbocycles. The first-order valence-electron chi connectivity index (χ1n) is 6.98. The minimum absolute atomic E-state index is 0.0358. The number of aromatic hydroxyl groups is 1. The molecule has 0 aliphatic carbocycles. The van der Waals surface area contributed by atoms with E-state index in [1.165, 1.54) is 19.4 Å². The molecule has 25 heavy (non-hydrogen) atoms. The molecule has 0 aliphatic heterocycles. The van der Waals surface area contributed by atoms with E-state index in [2.05, 4.69) is 63.6 Å². The van der Waals surface area contributed by atoms with Crippen molar-refractivity contribution < 1.29 is 14.6 Å². The molecular formula is C16H14Br3N3O3. The number of ether oxygens (including phenoxy) is 1. The Morgan fingerprint density at radius 1 is 1.20 bits per heavy atom. The predicted octanol–water partition coefficient (Wildman–Crippen LogP) is 4.25. The van der Waals surface area contributed by atoms with Crippen LogP contribution in [0.2, 0.25) is 0 Å². The van der Waals surface area contributed by atoms with Crippen LogP contribution in [0.25, 0.3) is 0 Å². The van der Waals surface area contributed by atoms with Gasteiger partial charge in [-0.15, -0.1) is 0 Å². The number of carbonyl (C=O) groups is 1. The van der Waals surface area contributed by atoms with E-state index >= 15 is 0 Å². The van der Waals surface area contributed by atoms with Gasteiger partial charge in [0.1, 0.15) is 11.5 Å². The second-order valence-electron chi connectivity index (χ2n) is 4.82. The highest BCUT2D eigenvalue weighted by Crippen LogP contribution is 2.32. The van der Waals surface area contributed by atoms with Crippen molar-refractivity contribution in [2.45, 2.75) is 0 Å². The molecule has 9 heteroatoms. The molecule has 0 aliphatic rings. The summed E-state index contributed by atoms with van der Waals surface area (Å²) in [4.78, 5) is 11.9. The Labute approximate surface area is 170 Å². The maximum Gasteiger partial charge on any atom is 0.259 e. The van der Waals surface area contributed by atoms with E-state index in [1.54, 1.807) is 12.1 Å². The number of halogens is 3. The Morgan fingerprint density at radius 3 is 2.64 bits per heavy atom. The number of nitrogens with one attached hydrogen (secondary N) is 2. The lowest BCUT2D eigenvalue weighted by atomic mass is 10.2. The first-order chi connectivity index (χ1) is 11.9. The SMILES string of the molecule is COc1ccc(O)c(/C=N/NC(=O)CNc2cc(Br)c(Br)cc2Br)c1. The zero-order valence-corrected chi connectivity index (χ0v) is 17.8. The lowest BCUT2D eigenvalue weighted by Crippen LogP contribution is -2.26. The quantitative estimate of drug-likeness (QED) is 0.293. The fraction of sp³-hybridized carbons (Fsp3) is 0.125. The molecule has 0 heterocycles. The van der Waals surface area contributed by atoms with Gasteiger partial charge in [0, 0.05) is 19.0 Å². The van der Waals surface area contributed by atoms with Crippen molar-refractivity contribution in [1.29, 1.82) is 0 Å². The monoisotopic (exact) mass is 533 g/mol. The second kappa shape index (κ2) is 9.21. The number of carbonyl (C=O) groups excluding carboxylic acids is 1. The summed E-state index contributed by atoms with van der Waals surface area (Å²) in [6.45, 7) is 0.0358. The average molecular weight is 536 g/mol. The number of methoxy groups -OCH3 is 1. The Morgan fingerprint density at radius 2 is 1.92 bits per heavy atom. The van der Waals surface area contributed by atoms with Crippen LogP contribution in [0.5, 0.6) is 11.5 Å². The normalized spacial score (nSPS) is 10.7. The molecule has 0 saturated carbocycles. The van der Waals surface area contributed by atoms with E-state index in [9.17, 15) is 9.90 Å². The third-order valence-electron chi connectivity index (χ3n) is 3.08. The van der Waals surface area contributed by atoms with E-state index < -0.39 is 0 Å². The van der Waals surface area contributed by atoms with Crippen LogP contribution < -0.4 is 15.5 Å². The molecule has 0 bridgehead atoms. The molecule has 2 rings (SSSR count). The smallest absolute Gasteiger partial charge is 0.259 e. The van der Waals surface area contributed by atoms with Crippen LogP contribution in [0.15, 0.2) is 48.9 Å². The number of amides is 1. The van der Waals surface area contributed by atoms with Gasteiger partial charge in [0.2, 0.25) is 0 Å². The van der Waals surface area contributed by atoms with Crippen LogP contribution in [0.4, 0.5) is 5.69 Å². The number of nitrogens with zero attached hydrogens (tertiary/aromatic N) is 1. The molecule has 0 fully saturated rings. The van der Waals surface area contributed by atoms with Gasteiger partial charge in [-0.05, 0) is 78.1 Å². The summed E-state index contributed by atoms with van der Waals surface area (Å²) in [5.41, 5.74) is 3.59. The van der Waals surface area contributed by atoms with Crippen LogP contribution in [0, 0.1) is 0 Å². The fourth-order valence-electron chi connectivity index (χ4n) is 1.81. The predicted molar refractivity (Wildman–Crippen MR) is 108 cm³/mol. The standard InChI is InChI=1S/C16H14Br3N3O3/c1-25-10-2-3-15(23)9(4-10)7-21-22-16(24)8-20-14-6-12(18)11(17)5-13(14)19/h2-7,20,23H,8H2,1H3,(H,22,24)/b21-7+. The average Bonchev–Trinajstić information content (AvgIpc) is 2.58. The molecule has 6 nitrogen and oxygen atoms in total. The van der Waals surface area contributed by atoms with Crippen molar-refractivity contribution in [1.82, 2.24) is 5.43 Å². The van der Waals surface area contributed by atoms with E-state index in [0.29, 0.717) is 11.3 Å². The molecule has 0 radical (unpaired) electrons. The first kappa shape index (κ1) is 19.7. The van der Waals surface area contributed by atoms with E-state index in [0.717, 1.165) is 19.1 Å². The van der Waals surface area contributed by atoms with Gasteiger partial charge in [0.15, 0.2) is 0 Å². The lowest BCUT2D eigenvalue weighted by molar-refractivity contribution is -0.119. The number of anilines is 1. The molecular weight excluding hydrogens is 522 g/mol. The topological polar surface area (TPSA) is 83.0 Å². The van der Waals surface area contributed by atoms with Crippen molar-refractivity contribution in [3.63, 3.8) is 0 Å². The molecule has 1 amide bonds. The number of hydrazone groups is 1. The van der Waals surface area contributed by atoms with E-state index in [-0.39, 0.29) is 18.2 Å². The summed E-state index contributed by atoms with van der Waals surface area (Å²) in [5, 5.41) is 16.6. The Bertz CT molecular complexity index is 813. The third-order valence-corrected chi connectivity index (χ3v) is 5.58. The van der Waals surface area contributed by atoms with Crippen molar-refractivity contribution in [3.05, 3.63) is 49.3 Å². The molecule has 3 N–H and O–H groups in total. The molecule has 0 aromatic heterocycles. The maximum atomic E-state index is 11.9. The number of rotatable bonds is 6. The summed E-state index contributed by atoms with van der Waals surface area (Å²) in [6.07, 6.45) is 1.35. The minimum Gasteiger partial charge on any atom is -0.507 e.